The standard InChI is InChI=1S/C22H22N4O2S/c1-16(17-9-4-3-5-10-17)26-21(28)18-11-6-7-12-19(18)24-22(26)29-15-20(27)25(2)14-8-13-23/h3-7,9-12,16H,8,14-15H2,1-2H3. The quantitative estimate of drug-likeness (QED) is 0.443. The van der Waals surface area contributed by atoms with E-state index < -0.39 is 0 Å². The Morgan fingerprint density at radius 3 is 2.62 bits per heavy atom. The third kappa shape index (κ3) is 4.66. The zero-order valence-corrected chi connectivity index (χ0v) is 17.2. The molecule has 1 unspecified atom stereocenters. The Kier molecular flexibility index (Phi) is 6.68. The number of amides is 1. The van der Waals surface area contributed by atoms with Gasteiger partial charge in [0, 0.05) is 13.6 Å². The monoisotopic (exact) mass is 406 g/mol. The Morgan fingerprint density at radius 2 is 1.90 bits per heavy atom. The van der Waals surface area contributed by atoms with E-state index in [0.717, 1.165) is 5.56 Å². The Morgan fingerprint density at radius 1 is 1.21 bits per heavy atom. The van der Waals surface area contributed by atoms with Crippen LogP contribution in [0.25, 0.3) is 10.9 Å². The van der Waals surface area contributed by atoms with E-state index in [1.54, 1.807) is 23.7 Å². The van der Waals surface area contributed by atoms with Gasteiger partial charge in [0.2, 0.25) is 5.91 Å². The van der Waals surface area contributed by atoms with E-state index in [-0.39, 0.29) is 29.7 Å². The molecule has 2 aromatic carbocycles. The predicted octanol–water partition coefficient (Wildman–Crippen LogP) is 3.47. The van der Waals surface area contributed by atoms with Crippen molar-refractivity contribution in [3.8, 4) is 6.07 Å². The first kappa shape index (κ1) is 20.6. The van der Waals surface area contributed by atoms with Gasteiger partial charge in [0.15, 0.2) is 5.16 Å². The summed E-state index contributed by atoms with van der Waals surface area (Å²) in [5.74, 6) is 0.0420. The molecule has 0 N–H and O–H groups in total. The minimum Gasteiger partial charge on any atom is -0.344 e. The average molecular weight is 407 g/mol. The number of benzene rings is 2. The second kappa shape index (κ2) is 9.39. The van der Waals surface area contributed by atoms with Crippen molar-refractivity contribution >= 4 is 28.6 Å². The van der Waals surface area contributed by atoms with Crippen LogP contribution in [0, 0.1) is 11.3 Å². The van der Waals surface area contributed by atoms with Crippen LogP contribution >= 0.6 is 11.8 Å². The number of fused-ring (bicyclic) bond motifs is 1. The summed E-state index contributed by atoms with van der Waals surface area (Å²) in [6.45, 7) is 2.34. The Hall–Kier alpha value is -3.11. The van der Waals surface area contributed by atoms with Gasteiger partial charge in [-0.3, -0.25) is 14.2 Å². The molecule has 3 rings (SSSR count). The first-order chi connectivity index (χ1) is 14.0. The third-order valence-corrected chi connectivity index (χ3v) is 5.69. The van der Waals surface area contributed by atoms with Gasteiger partial charge >= 0.3 is 0 Å². The molecular formula is C22H22N4O2S. The number of hydrogen-bond acceptors (Lipinski definition) is 5. The summed E-state index contributed by atoms with van der Waals surface area (Å²) in [7, 11) is 1.67. The van der Waals surface area contributed by atoms with Gasteiger partial charge < -0.3 is 4.90 Å². The molecule has 1 aromatic heterocycles. The van der Waals surface area contributed by atoms with Gasteiger partial charge in [0.1, 0.15) is 0 Å². The molecule has 1 heterocycles. The summed E-state index contributed by atoms with van der Waals surface area (Å²) in [6, 6.07) is 18.8. The normalized spacial score (nSPS) is 11.8. The van der Waals surface area contributed by atoms with E-state index in [2.05, 4.69) is 4.98 Å². The number of nitriles is 1. The molecule has 148 valence electrons. The van der Waals surface area contributed by atoms with Crippen LogP contribution in [0.15, 0.2) is 64.5 Å². The predicted molar refractivity (Wildman–Crippen MR) is 115 cm³/mol. The number of rotatable bonds is 7. The molecule has 29 heavy (non-hydrogen) atoms. The zero-order chi connectivity index (χ0) is 20.8. The largest absolute Gasteiger partial charge is 0.344 e. The molecule has 0 spiro atoms. The van der Waals surface area contributed by atoms with Crippen molar-refractivity contribution in [2.45, 2.75) is 24.5 Å². The number of carbonyl (C=O) groups is 1. The smallest absolute Gasteiger partial charge is 0.262 e. The molecule has 0 fully saturated rings. The van der Waals surface area contributed by atoms with Crippen LogP contribution in [0.4, 0.5) is 0 Å². The number of hydrogen-bond donors (Lipinski definition) is 0. The molecule has 3 aromatic rings. The van der Waals surface area contributed by atoms with Gasteiger partial charge in [-0.25, -0.2) is 4.98 Å². The molecule has 1 amide bonds. The molecule has 0 bridgehead atoms. The minimum atomic E-state index is -0.227. The molecule has 0 aliphatic rings. The lowest BCUT2D eigenvalue weighted by Crippen LogP contribution is -2.30. The van der Waals surface area contributed by atoms with Crippen LogP contribution in [-0.4, -0.2) is 39.7 Å². The van der Waals surface area contributed by atoms with Gasteiger partial charge in [-0.15, -0.1) is 0 Å². The van der Waals surface area contributed by atoms with Gasteiger partial charge in [-0.1, -0.05) is 54.2 Å². The summed E-state index contributed by atoms with van der Waals surface area (Å²) in [6.07, 6.45) is 0.289. The molecule has 0 saturated carbocycles. The number of thioether (sulfide) groups is 1. The van der Waals surface area contributed by atoms with E-state index >= 15 is 0 Å². The summed E-state index contributed by atoms with van der Waals surface area (Å²) >= 11 is 1.25. The van der Waals surface area contributed by atoms with Crippen molar-refractivity contribution < 1.29 is 4.79 Å². The topological polar surface area (TPSA) is 79.0 Å². The molecule has 0 saturated heterocycles. The summed E-state index contributed by atoms with van der Waals surface area (Å²) in [4.78, 5) is 31.9. The molecule has 6 nitrogen and oxygen atoms in total. The van der Waals surface area contributed by atoms with Crippen molar-refractivity contribution in [3.63, 3.8) is 0 Å². The van der Waals surface area contributed by atoms with Crippen molar-refractivity contribution in [1.29, 1.82) is 5.26 Å². The van der Waals surface area contributed by atoms with Gasteiger partial charge in [-0.2, -0.15) is 5.26 Å². The molecule has 1 atom stereocenters. The fourth-order valence-corrected chi connectivity index (χ4v) is 4.04. The van der Waals surface area contributed by atoms with Crippen LogP contribution in [-0.2, 0) is 4.79 Å². The molecule has 0 aliphatic carbocycles. The van der Waals surface area contributed by atoms with Crippen LogP contribution in [0.1, 0.15) is 24.9 Å². The Balaban J connectivity index is 1.98. The Labute approximate surface area is 173 Å². The van der Waals surface area contributed by atoms with Gasteiger partial charge in [-0.05, 0) is 24.6 Å². The van der Waals surface area contributed by atoms with Crippen molar-refractivity contribution in [1.82, 2.24) is 14.5 Å². The van der Waals surface area contributed by atoms with E-state index in [9.17, 15) is 9.59 Å². The maximum Gasteiger partial charge on any atom is 0.262 e. The summed E-state index contributed by atoms with van der Waals surface area (Å²) in [5, 5.41) is 9.76. The number of carbonyl (C=O) groups excluding carboxylic acids is 1. The SMILES string of the molecule is CC(c1ccccc1)n1c(SCC(=O)N(C)CCC#N)nc2ccccc2c1=O. The first-order valence-corrected chi connectivity index (χ1v) is 10.3. The highest BCUT2D eigenvalue weighted by Crippen LogP contribution is 2.25. The average Bonchev–Trinajstić information content (AvgIpc) is 2.76. The van der Waals surface area contributed by atoms with Crippen LogP contribution in [0.5, 0.6) is 0 Å². The third-order valence-electron chi connectivity index (χ3n) is 4.75. The van der Waals surface area contributed by atoms with Crippen LogP contribution in [0.3, 0.4) is 0 Å². The van der Waals surface area contributed by atoms with Crippen molar-refractivity contribution in [2.75, 3.05) is 19.3 Å². The summed E-state index contributed by atoms with van der Waals surface area (Å²) in [5.41, 5.74) is 1.48. The highest BCUT2D eigenvalue weighted by Gasteiger charge is 2.19. The Bertz CT molecular complexity index is 1110. The lowest BCUT2D eigenvalue weighted by molar-refractivity contribution is -0.127. The first-order valence-electron chi connectivity index (χ1n) is 9.33. The fraction of sp³-hybridized carbons (Fsp3) is 0.273. The lowest BCUT2D eigenvalue weighted by Gasteiger charge is -2.20. The molecule has 7 heteroatoms. The zero-order valence-electron chi connectivity index (χ0n) is 16.4. The van der Waals surface area contributed by atoms with Gasteiger partial charge in [0.05, 0.1) is 35.2 Å². The summed E-state index contributed by atoms with van der Waals surface area (Å²) < 4.78 is 1.66. The molecular weight excluding hydrogens is 384 g/mol. The highest BCUT2D eigenvalue weighted by molar-refractivity contribution is 7.99. The molecule has 0 aliphatic heterocycles. The molecule has 0 radical (unpaired) electrons. The van der Waals surface area contributed by atoms with Crippen LogP contribution < -0.4 is 5.56 Å². The fourth-order valence-electron chi connectivity index (χ4n) is 3.03. The van der Waals surface area contributed by atoms with Crippen molar-refractivity contribution in [2.24, 2.45) is 0 Å². The van der Waals surface area contributed by atoms with E-state index in [1.165, 1.54) is 16.7 Å². The second-order valence-corrected chi connectivity index (χ2v) is 7.63. The van der Waals surface area contributed by atoms with Crippen LogP contribution in [0.2, 0.25) is 0 Å². The highest BCUT2D eigenvalue weighted by atomic mass is 32.2. The van der Waals surface area contributed by atoms with Gasteiger partial charge in [0.25, 0.3) is 5.56 Å². The number of aromatic nitrogens is 2. The number of nitrogens with zero attached hydrogens (tertiary/aromatic N) is 4. The maximum atomic E-state index is 13.3. The lowest BCUT2D eigenvalue weighted by atomic mass is 10.1. The van der Waals surface area contributed by atoms with Crippen molar-refractivity contribution in [3.05, 3.63) is 70.5 Å². The van der Waals surface area contributed by atoms with E-state index in [4.69, 9.17) is 5.26 Å². The second-order valence-electron chi connectivity index (χ2n) is 6.69. The van der Waals surface area contributed by atoms with E-state index in [1.807, 2.05) is 55.5 Å². The minimum absolute atomic E-state index is 0.105. The number of para-hydroxylation sites is 1. The van der Waals surface area contributed by atoms with E-state index in [0.29, 0.717) is 22.6 Å². The maximum absolute atomic E-state index is 13.3.